The van der Waals surface area contributed by atoms with Gasteiger partial charge in [0.05, 0.1) is 0 Å². The van der Waals surface area contributed by atoms with E-state index in [0.29, 0.717) is 11.8 Å². The van der Waals surface area contributed by atoms with E-state index < -0.39 is 0 Å². The third kappa shape index (κ3) is 2.17. The standard InChI is InChI=1S/C19H17IN2O2/c1-8-9(2)17(11(4)18(20)10(8)3)19-22-14-7-15-13(6-16(14)24-19)21-12(5)23-15/h6-7H,1-5H3. The van der Waals surface area contributed by atoms with E-state index in [1.165, 1.54) is 25.8 Å². The van der Waals surface area contributed by atoms with Gasteiger partial charge in [0, 0.05) is 28.2 Å². The predicted molar refractivity (Wildman–Crippen MR) is 103 cm³/mol. The van der Waals surface area contributed by atoms with Crippen molar-refractivity contribution in [2.24, 2.45) is 0 Å². The number of nitrogens with zero attached hydrogens (tertiary/aromatic N) is 2. The highest BCUT2D eigenvalue weighted by atomic mass is 127. The lowest BCUT2D eigenvalue weighted by molar-refractivity contribution is 0.561. The molecule has 0 aliphatic carbocycles. The largest absolute Gasteiger partial charge is 0.441 e. The van der Waals surface area contributed by atoms with E-state index >= 15 is 0 Å². The van der Waals surface area contributed by atoms with Crippen LogP contribution in [-0.2, 0) is 0 Å². The summed E-state index contributed by atoms with van der Waals surface area (Å²) >= 11 is 2.40. The number of halogens is 1. The molecule has 24 heavy (non-hydrogen) atoms. The first-order valence-corrected chi connectivity index (χ1v) is 8.88. The second-order valence-corrected chi connectivity index (χ2v) is 7.31. The lowest BCUT2D eigenvalue weighted by Gasteiger charge is -2.15. The molecule has 0 spiro atoms. The Kier molecular flexibility index (Phi) is 3.46. The van der Waals surface area contributed by atoms with Crippen LogP contribution in [-0.4, -0.2) is 9.97 Å². The highest BCUT2D eigenvalue weighted by Gasteiger charge is 2.19. The van der Waals surface area contributed by atoms with Gasteiger partial charge >= 0.3 is 0 Å². The van der Waals surface area contributed by atoms with Crippen molar-refractivity contribution in [3.8, 4) is 11.5 Å². The van der Waals surface area contributed by atoms with Gasteiger partial charge in [0.15, 0.2) is 17.1 Å². The predicted octanol–water partition coefficient (Wildman–Crippen LogP) is 5.78. The fourth-order valence-electron chi connectivity index (χ4n) is 3.20. The van der Waals surface area contributed by atoms with Gasteiger partial charge in [0.25, 0.3) is 0 Å². The second kappa shape index (κ2) is 5.31. The molecule has 2 aromatic carbocycles. The number of rotatable bonds is 1. The van der Waals surface area contributed by atoms with Gasteiger partial charge in [-0.15, -0.1) is 0 Å². The zero-order chi connectivity index (χ0) is 17.2. The molecule has 4 rings (SSSR count). The van der Waals surface area contributed by atoms with E-state index in [4.69, 9.17) is 13.8 Å². The number of benzene rings is 2. The Hall–Kier alpha value is -1.89. The van der Waals surface area contributed by atoms with E-state index in [-0.39, 0.29) is 0 Å². The average molecular weight is 432 g/mol. The minimum absolute atomic E-state index is 0.647. The lowest BCUT2D eigenvalue weighted by atomic mass is 9.94. The van der Waals surface area contributed by atoms with Crippen LogP contribution in [0.25, 0.3) is 33.7 Å². The Labute approximate surface area is 153 Å². The summed E-state index contributed by atoms with van der Waals surface area (Å²) < 4.78 is 12.9. The van der Waals surface area contributed by atoms with Gasteiger partial charge in [-0.05, 0) is 72.5 Å². The maximum Gasteiger partial charge on any atom is 0.227 e. The van der Waals surface area contributed by atoms with Crippen LogP contribution in [0.3, 0.4) is 0 Å². The molecule has 4 nitrogen and oxygen atoms in total. The summed E-state index contributed by atoms with van der Waals surface area (Å²) in [6, 6.07) is 3.79. The summed E-state index contributed by atoms with van der Waals surface area (Å²) in [5.74, 6) is 1.30. The van der Waals surface area contributed by atoms with Gasteiger partial charge < -0.3 is 8.83 Å². The summed E-state index contributed by atoms with van der Waals surface area (Å²) in [6.07, 6.45) is 0. The van der Waals surface area contributed by atoms with Crippen LogP contribution in [0.15, 0.2) is 21.0 Å². The Balaban J connectivity index is 2.00. The van der Waals surface area contributed by atoms with Crippen LogP contribution < -0.4 is 0 Å². The van der Waals surface area contributed by atoms with Gasteiger partial charge in [-0.2, -0.15) is 0 Å². The van der Waals surface area contributed by atoms with Crippen molar-refractivity contribution < 1.29 is 8.83 Å². The smallest absolute Gasteiger partial charge is 0.227 e. The molecule has 2 heterocycles. The third-order valence-corrected chi connectivity index (χ3v) is 6.37. The molecule has 0 N–H and O–H groups in total. The molecule has 4 aromatic rings. The van der Waals surface area contributed by atoms with Crippen LogP contribution in [0.4, 0.5) is 0 Å². The van der Waals surface area contributed by atoms with Crippen LogP contribution in [0.1, 0.15) is 28.1 Å². The summed E-state index contributed by atoms with van der Waals surface area (Å²) in [7, 11) is 0. The number of aryl methyl sites for hydroxylation is 1. The number of oxazole rings is 2. The maximum atomic E-state index is 6.09. The maximum absolute atomic E-state index is 6.09. The molecule has 0 aliphatic heterocycles. The highest BCUT2D eigenvalue weighted by molar-refractivity contribution is 14.1. The molecular formula is C19H17IN2O2. The minimum atomic E-state index is 0.647. The molecule has 5 heteroatoms. The van der Waals surface area contributed by atoms with Crippen molar-refractivity contribution in [1.82, 2.24) is 9.97 Å². The number of fused-ring (bicyclic) bond motifs is 2. The van der Waals surface area contributed by atoms with Crippen molar-refractivity contribution in [1.29, 1.82) is 0 Å². The molecule has 0 unspecified atom stereocenters. The molecule has 0 fully saturated rings. The molecule has 0 bridgehead atoms. The van der Waals surface area contributed by atoms with Gasteiger partial charge in [0.1, 0.15) is 11.0 Å². The van der Waals surface area contributed by atoms with E-state index in [0.717, 1.165) is 27.8 Å². The first kappa shape index (κ1) is 15.6. The van der Waals surface area contributed by atoms with Crippen molar-refractivity contribution >= 4 is 44.8 Å². The van der Waals surface area contributed by atoms with Crippen LogP contribution in [0.5, 0.6) is 0 Å². The van der Waals surface area contributed by atoms with Crippen molar-refractivity contribution in [2.45, 2.75) is 34.6 Å². The number of hydrogen-bond acceptors (Lipinski definition) is 4. The molecule has 122 valence electrons. The van der Waals surface area contributed by atoms with Crippen LogP contribution in [0.2, 0.25) is 0 Å². The summed E-state index contributed by atoms with van der Waals surface area (Å²) in [5.41, 5.74) is 9.18. The highest BCUT2D eigenvalue weighted by Crippen LogP contribution is 2.36. The van der Waals surface area contributed by atoms with Crippen molar-refractivity contribution in [3.05, 3.63) is 43.8 Å². The van der Waals surface area contributed by atoms with Gasteiger partial charge in [-0.1, -0.05) is 0 Å². The Morgan fingerprint density at radius 3 is 2.08 bits per heavy atom. The molecule has 0 aliphatic rings. The number of aromatic nitrogens is 2. The Morgan fingerprint density at radius 2 is 1.38 bits per heavy atom. The second-order valence-electron chi connectivity index (χ2n) is 6.23. The molecular weight excluding hydrogens is 415 g/mol. The average Bonchev–Trinajstić information content (AvgIpc) is 3.09. The van der Waals surface area contributed by atoms with Gasteiger partial charge in [-0.25, -0.2) is 9.97 Å². The third-order valence-electron chi connectivity index (χ3n) is 4.75. The monoisotopic (exact) mass is 432 g/mol. The Morgan fingerprint density at radius 1 is 0.750 bits per heavy atom. The van der Waals surface area contributed by atoms with E-state index in [2.05, 4.69) is 55.3 Å². The summed E-state index contributed by atoms with van der Waals surface area (Å²) in [5, 5.41) is 0. The van der Waals surface area contributed by atoms with E-state index in [1.807, 2.05) is 19.1 Å². The van der Waals surface area contributed by atoms with E-state index in [9.17, 15) is 0 Å². The van der Waals surface area contributed by atoms with Gasteiger partial charge in [-0.3, -0.25) is 0 Å². The first-order valence-electron chi connectivity index (χ1n) is 7.80. The van der Waals surface area contributed by atoms with Gasteiger partial charge in [0.2, 0.25) is 5.89 Å². The number of hydrogen-bond donors (Lipinski definition) is 0. The van der Waals surface area contributed by atoms with Crippen LogP contribution in [0, 0.1) is 38.2 Å². The van der Waals surface area contributed by atoms with E-state index in [1.54, 1.807) is 0 Å². The fraction of sp³-hybridized carbons (Fsp3) is 0.263. The van der Waals surface area contributed by atoms with Crippen LogP contribution >= 0.6 is 22.6 Å². The lowest BCUT2D eigenvalue weighted by Crippen LogP contribution is -1.99. The topological polar surface area (TPSA) is 52.1 Å². The molecule has 0 radical (unpaired) electrons. The van der Waals surface area contributed by atoms with Crippen molar-refractivity contribution in [2.75, 3.05) is 0 Å². The zero-order valence-electron chi connectivity index (χ0n) is 14.2. The Bertz CT molecular complexity index is 1040. The molecule has 0 saturated heterocycles. The quantitative estimate of drug-likeness (QED) is 0.358. The van der Waals surface area contributed by atoms with Crippen molar-refractivity contribution in [3.63, 3.8) is 0 Å². The molecule has 0 saturated carbocycles. The SMILES string of the molecule is Cc1nc2cc3oc(-c4c(C)c(C)c(C)c(I)c4C)nc3cc2o1. The molecule has 0 atom stereocenters. The normalized spacial score (nSPS) is 11.8. The summed E-state index contributed by atoms with van der Waals surface area (Å²) in [4.78, 5) is 9.08. The summed E-state index contributed by atoms with van der Waals surface area (Å²) in [6.45, 7) is 10.4. The molecule has 0 amide bonds. The zero-order valence-corrected chi connectivity index (χ0v) is 16.4. The molecule has 2 aromatic heterocycles. The first-order chi connectivity index (χ1) is 11.4. The fourth-order valence-corrected chi connectivity index (χ4v) is 3.87. The minimum Gasteiger partial charge on any atom is -0.441 e.